The summed E-state index contributed by atoms with van der Waals surface area (Å²) in [7, 11) is 1.95. The predicted octanol–water partition coefficient (Wildman–Crippen LogP) is 0.866. The summed E-state index contributed by atoms with van der Waals surface area (Å²) in [6.07, 6.45) is 3.78. The predicted molar refractivity (Wildman–Crippen MR) is 68.6 cm³/mol. The van der Waals surface area contributed by atoms with Gasteiger partial charge in [0.25, 0.3) is 5.91 Å². The Morgan fingerprint density at radius 2 is 2.33 bits per heavy atom. The van der Waals surface area contributed by atoms with Crippen LogP contribution in [0.15, 0.2) is 12.3 Å². The number of aromatic nitrogens is 1. The number of carbonyl (C=O) groups is 1. The van der Waals surface area contributed by atoms with Gasteiger partial charge in [0.2, 0.25) is 5.88 Å². The fourth-order valence-corrected chi connectivity index (χ4v) is 2.31. The Morgan fingerprint density at radius 1 is 1.61 bits per heavy atom. The topological polar surface area (TPSA) is 77.2 Å². The Bertz CT molecular complexity index is 442. The van der Waals surface area contributed by atoms with E-state index < -0.39 is 5.91 Å². The minimum absolute atomic E-state index is 0.149. The van der Waals surface area contributed by atoms with Crippen molar-refractivity contribution in [2.45, 2.75) is 25.9 Å². The number of pyridine rings is 1. The van der Waals surface area contributed by atoms with Crippen molar-refractivity contribution in [3.63, 3.8) is 0 Å². The molecule has 1 aliphatic rings. The number of amides is 1. The average Bonchev–Trinajstić information content (AvgIpc) is 2.25. The minimum Gasteiger partial charge on any atom is -0.474 e. The van der Waals surface area contributed by atoms with Crippen LogP contribution in [-0.4, -0.2) is 30.6 Å². The van der Waals surface area contributed by atoms with Crippen molar-refractivity contribution in [1.82, 2.24) is 10.3 Å². The first-order valence-electron chi connectivity index (χ1n) is 6.18. The van der Waals surface area contributed by atoms with Crippen LogP contribution in [0.2, 0.25) is 0 Å². The lowest BCUT2D eigenvalue weighted by molar-refractivity contribution is 0.0602. The number of ether oxygens (including phenoxy) is 1. The van der Waals surface area contributed by atoms with Gasteiger partial charge in [-0.3, -0.25) is 4.79 Å². The molecule has 1 saturated carbocycles. The first-order chi connectivity index (χ1) is 8.61. The zero-order valence-corrected chi connectivity index (χ0v) is 10.8. The van der Waals surface area contributed by atoms with E-state index in [-0.39, 0.29) is 6.10 Å². The standard InChI is InChI=1S/C13H19N3O2/c1-8-3-4-16-13(11(8)12(14)17)18-10-5-9(6-10)7-15-2/h3-4,9-10,15H,5-7H2,1-2H3,(H2,14,17). The second-order valence-electron chi connectivity index (χ2n) is 4.81. The van der Waals surface area contributed by atoms with E-state index in [1.165, 1.54) is 0 Å². The Morgan fingerprint density at radius 3 is 2.94 bits per heavy atom. The summed E-state index contributed by atoms with van der Waals surface area (Å²) in [6, 6.07) is 1.76. The highest BCUT2D eigenvalue weighted by molar-refractivity contribution is 5.96. The molecule has 18 heavy (non-hydrogen) atoms. The summed E-state index contributed by atoms with van der Waals surface area (Å²) in [4.78, 5) is 15.5. The highest BCUT2D eigenvalue weighted by Gasteiger charge is 2.31. The Labute approximate surface area is 107 Å². The monoisotopic (exact) mass is 249 g/mol. The van der Waals surface area contributed by atoms with Crippen LogP contribution in [0, 0.1) is 12.8 Å². The van der Waals surface area contributed by atoms with E-state index in [4.69, 9.17) is 10.5 Å². The quantitative estimate of drug-likeness (QED) is 0.811. The Kier molecular flexibility index (Phi) is 3.81. The summed E-state index contributed by atoms with van der Waals surface area (Å²) < 4.78 is 5.76. The van der Waals surface area contributed by atoms with Gasteiger partial charge in [0, 0.05) is 6.20 Å². The van der Waals surface area contributed by atoms with Crippen molar-refractivity contribution in [1.29, 1.82) is 0 Å². The molecule has 98 valence electrons. The van der Waals surface area contributed by atoms with Crippen LogP contribution in [0.25, 0.3) is 0 Å². The second-order valence-corrected chi connectivity index (χ2v) is 4.81. The molecule has 0 unspecified atom stereocenters. The molecule has 0 radical (unpaired) electrons. The molecular weight excluding hydrogens is 230 g/mol. The first-order valence-corrected chi connectivity index (χ1v) is 6.18. The number of hydrogen-bond acceptors (Lipinski definition) is 4. The minimum atomic E-state index is -0.485. The number of aryl methyl sites for hydroxylation is 1. The van der Waals surface area contributed by atoms with Crippen molar-refractivity contribution in [3.8, 4) is 5.88 Å². The van der Waals surface area contributed by atoms with E-state index in [0.717, 1.165) is 24.9 Å². The van der Waals surface area contributed by atoms with E-state index in [9.17, 15) is 4.79 Å². The zero-order valence-electron chi connectivity index (χ0n) is 10.8. The maximum atomic E-state index is 11.4. The molecule has 0 atom stereocenters. The number of nitrogens with one attached hydrogen (secondary N) is 1. The van der Waals surface area contributed by atoms with Crippen molar-refractivity contribution >= 4 is 5.91 Å². The number of rotatable bonds is 5. The number of hydrogen-bond donors (Lipinski definition) is 2. The van der Waals surface area contributed by atoms with Gasteiger partial charge < -0.3 is 15.8 Å². The van der Waals surface area contributed by atoms with Crippen molar-refractivity contribution in [2.75, 3.05) is 13.6 Å². The van der Waals surface area contributed by atoms with Crippen LogP contribution in [0.3, 0.4) is 0 Å². The molecule has 0 spiro atoms. The van der Waals surface area contributed by atoms with Gasteiger partial charge in [-0.1, -0.05) is 0 Å². The summed E-state index contributed by atoms with van der Waals surface area (Å²) in [6.45, 7) is 2.84. The molecule has 5 nitrogen and oxygen atoms in total. The summed E-state index contributed by atoms with van der Waals surface area (Å²) in [5.41, 5.74) is 6.56. The van der Waals surface area contributed by atoms with Crippen LogP contribution in [-0.2, 0) is 0 Å². The molecule has 1 fully saturated rings. The highest BCUT2D eigenvalue weighted by Crippen LogP contribution is 2.31. The maximum Gasteiger partial charge on any atom is 0.254 e. The summed E-state index contributed by atoms with van der Waals surface area (Å²) >= 11 is 0. The van der Waals surface area contributed by atoms with Gasteiger partial charge in [0.15, 0.2) is 0 Å². The zero-order chi connectivity index (χ0) is 13.1. The van der Waals surface area contributed by atoms with Crippen LogP contribution in [0.5, 0.6) is 5.88 Å². The van der Waals surface area contributed by atoms with Crippen molar-refractivity contribution in [3.05, 3.63) is 23.4 Å². The van der Waals surface area contributed by atoms with Crippen LogP contribution in [0.4, 0.5) is 0 Å². The smallest absolute Gasteiger partial charge is 0.254 e. The molecule has 0 saturated heterocycles. The summed E-state index contributed by atoms with van der Waals surface area (Å²) in [5, 5.41) is 3.15. The van der Waals surface area contributed by atoms with Crippen LogP contribution in [0.1, 0.15) is 28.8 Å². The number of nitrogens with zero attached hydrogens (tertiary/aromatic N) is 1. The van der Waals surface area contributed by atoms with Gasteiger partial charge >= 0.3 is 0 Å². The van der Waals surface area contributed by atoms with E-state index in [2.05, 4.69) is 10.3 Å². The second kappa shape index (κ2) is 5.35. The van der Waals surface area contributed by atoms with E-state index in [0.29, 0.717) is 17.4 Å². The van der Waals surface area contributed by atoms with Gasteiger partial charge in [-0.25, -0.2) is 4.98 Å². The molecule has 1 aromatic rings. The number of primary amides is 1. The Balaban J connectivity index is 2.02. The third-order valence-corrected chi connectivity index (χ3v) is 3.33. The van der Waals surface area contributed by atoms with E-state index in [1.54, 1.807) is 12.3 Å². The molecule has 3 N–H and O–H groups in total. The largest absolute Gasteiger partial charge is 0.474 e. The van der Waals surface area contributed by atoms with Crippen LogP contribution < -0.4 is 15.8 Å². The van der Waals surface area contributed by atoms with Crippen molar-refractivity contribution in [2.24, 2.45) is 11.7 Å². The molecule has 1 aromatic heterocycles. The van der Waals surface area contributed by atoms with Gasteiger partial charge in [-0.05, 0) is 50.9 Å². The molecule has 2 rings (SSSR count). The SMILES string of the molecule is CNCC1CC(Oc2nccc(C)c2C(N)=O)C1. The van der Waals surface area contributed by atoms with E-state index in [1.807, 2.05) is 14.0 Å². The number of nitrogens with two attached hydrogens (primary N) is 1. The van der Waals surface area contributed by atoms with E-state index >= 15 is 0 Å². The Hall–Kier alpha value is -1.62. The van der Waals surface area contributed by atoms with Gasteiger partial charge in [-0.15, -0.1) is 0 Å². The third kappa shape index (κ3) is 2.61. The van der Waals surface area contributed by atoms with Gasteiger partial charge in [-0.2, -0.15) is 0 Å². The molecule has 0 aromatic carbocycles. The first kappa shape index (κ1) is 12.8. The van der Waals surface area contributed by atoms with Gasteiger partial charge in [0.1, 0.15) is 11.7 Å². The highest BCUT2D eigenvalue weighted by atomic mass is 16.5. The lowest BCUT2D eigenvalue weighted by atomic mass is 9.82. The molecule has 1 heterocycles. The van der Waals surface area contributed by atoms with Crippen molar-refractivity contribution < 1.29 is 9.53 Å². The third-order valence-electron chi connectivity index (χ3n) is 3.33. The van der Waals surface area contributed by atoms with Crippen LogP contribution >= 0.6 is 0 Å². The molecule has 5 heteroatoms. The maximum absolute atomic E-state index is 11.4. The molecule has 1 aliphatic carbocycles. The normalized spacial score (nSPS) is 22.3. The summed E-state index contributed by atoms with van der Waals surface area (Å²) in [5.74, 6) is 0.541. The molecule has 0 aliphatic heterocycles. The molecular formula is C13H19N3O2. The fourth-order valence-electron chi connectivity index (χ4n) is 2.31. The molecule has 0 bridgehead atoms. The lowest BCUT2D eigenvalue weighted by Gasteiger charge is -2.35. The van der Waals surface area contributed by atoms with Gasteiger partial charge in [0.05, 0.1) is 0 Å². The molecule has 1 amide bonds. The lowest BCUT2D eigenvalue weighted by Crippen LogP contribution is -2.39. The number of carbonyl (C=O) groups excluding carboxylic acids is 1. The fraction of sp³-hybridized carbons (Fsp3) is 0.538. The average molecular weight is 249 g/mol.